The van der Waals surface area contributed by atoms with Gasteiger partial charge in [-0.05, 0) is 48.4 Å². The molecule has 1 rings (SSSR count). The average molecular weight is 276 g/mol. The number of phenols is 1. The summed E-state index contributed by atoms with van der Waals surface area (Å²) in [5.74, 6) is 1.38. The maximum absolute atomic E-state index is 10.5. The summed E-state index contributed by atoms with van der Waals surface area (Å²) >= 11 is 0. The Morgan fingerprint density at radius 3 is 2.35 bits per heavy atom. The van der Waals surface area contributed by atoms with Crippen molar-refractivity contribution in [3.63, 3.8) is 0 Å². The third-order valence-corrected chi connectivity index (χ3v) is 3.70. The summed E-state index contributed by atoms with van der Waals surface area (Å²) in [5.41, 5.74) is 4.30. The third kappa shape index (κ3) is 3.53. The van der Waals surface area contributed by atoms with Gasteiger partial charge in [0.25, 0.3) is 0 Å². The molecule has 0 atom stereocenters. The maximum Gasteiger partial charge on any atom is 0.122 e. The van der Waals surface area contributed by atoms with Gasteiger partial charge in [0, 0.05) is 20.0 Å². The van der Waals surface area contributed by atoms with E-state index in [4.69, 9.17) is 0 Å². The van der Waals surface area contributed by atoms with Crippen LogP contribution in [0.5, 0.6) is 5.75 Å². The molecule has 1 aromatic carbocycles. The Kier molecular flexibility index (Phi) is 5.21. The summed E-state index contributed by atoms with van der Waals surface area (Å²) in [6.07, 6.45) is 0.736. The number of hydrogen-bond donors (Lipinski definition) is 2. The molecule has 2 N–H and O–H groups in total. The number of amidine groups is 1. The highest BCUT2D eigenvalue weighted by molar-refractivity contribution is 5.85. The molecule has 0 amide bonds. The van der Waals surface area contributed by atoms with Crippen molar-refractivity contribution in [1.82, 2.24) is 5.32 Å². The van der Waals surface area contributed by atoms with Gasteiger partial charge < -0.3 is 10.4 Å². The van der Waals surface area contributed by atoms with E-state index < -0.39 is 0 Å². The van der Waals surface area contributed by atoms with Crippen LogP contribution < -0.4 is 5.32 Å². The molecular weight excluding hydrogens is 248 g/mol. The van der Waals surface area contributed by atoms with Crippen molar-refractivity contribution in [1.29, 1.82) is 0 Å². The number of benzene rings is 1. The summed E-state index contributed by atoms with van der Waals surface area (Å²) in [7, 11) is 1.80. The number of likely N-dealkylation sites (N-methyl/N-ethyl adjacent to an activating group) is 1. The Hall–Kier alpha value is -1.51. The Morgan fingerprint density at radius 2 is 1.90 bits per heavy atom. The summed E-state index contributed by atoms with van der Waals surface area (Å²) in [6, 6.07) is 2.11. The molecular formula is C17H28N2O. The fourth-order valence-electron chi connectivity index (χ4n) is 2.45. The van der Waals surface area contributed by atoms with E-state index in [0.29, 0.717) is 5.75 Å². The highest BCUT2D eigenvalue weighted by atomic mass is 16.3. The van der Waals surface area contributed by atoms with Gasteiger partial charge in [-0.3, -0.25) is 4.99 Å². The van der Waals surface area contributed by atoms with Gasteiger partial charge in [0.05, 0.1) is 0 Å². The number of nitrogens with one attached hydrogen (secondary N) is 1. The Morgan fingerprint density at radius 1 is 1.30 bits per heavy atom. The quantitative estimate of drug-likeness (QED) is 0.655. The smallest absolute Gasteiger partial charge is 0.122 e. The van der Waals surface area contributed by atoms with Crippen LogP contribution in [0.3, 0.4) is 0 Å². The molecule has 0 radical (unpaired) electrons. The van der Waals surface area contributed by atoms with Gasteiger partial charge in [-0.1, -0.05) is 26.8 Å². The van der Waals surface area contributed by atoms with Gasteiger partial charge in [0.2, 0.25) is 0 Å². The lowest BCUT2D eigenvalue weighted by Gasteiger charge is -2.24. The molecule has 0 aromatic heterocycles. The first-order valence-electron chi connectivity index (χ1n) is 7.24. The van der Waals surface area contributed by atoms with Crippen molar-refractivity contribution >= 4 is 5.84 Å². The highest BCUT2D eigenvalue weighted by Crippen LogP contribution is 2.36. The Labute approximate surface area is 123 Å². The van der Waals surface area contributed by atoms with E-state index in [9.17, 15) is 5.11 Å². The first kappa shape index (κ1) is 16.5. The largest absolute Gasteiger partial charge is 0.507 e. The molecule has 0 heterocycles. The van der Waals surface area contributed by atoms with Gasteiger partial charge in [0.15, 0.2) is 0 Å². The minimum absolute atomic E-state index is 0.0541. The highest BCUT2D eigenvalue weighted by Gasteiger charge is 2.22. The second kappa shape index (κ2) is 6.29. The monoisotopic (exact) mass is 276 g/mol. The normalized spacial score (nSPS) is 12.7. The second-order valence-electron chi connectivity index (χ2n) is 6.32. The second-order valence-corrected chi connectivity index (χ2v) is 6.32. The minimum atomic E-state index is -0.0541. The van der Waals surface area contributed by atoms with E-state index in [-0.39, 0.29) is 5.41 Å². The van der Waals surface area contributed by atoms with E-state index in [1.165, 1.54) is 5.56 Å². The third-order valence-electron chi connectivity index (χ3n) is 3.70. The molecule has 0 spiro atoms. The van der Waals surface area contributed by atoms with Crippen LogP contribution in [0.2, 0.25) is 0 Å². The van der Waals surface area contributed by atoms with Gasteiger partial charge in [0.1, 0.15) is 11.6 Å². The van der Waals surface area contributed by atoms with Crippen LogP contribution in [0.15, 0.2) is 11.1 Å². The number of nitrogens with zero attached hydrogens (tertiary/aromatic N) is 1. The van der Waals surface area contributed by atoms with Gasteiger partial charge in [-0.2, -0.15) is 0 Å². The minimum Gasteiger partial charge on any atom is -0.507 e. The predicted octanol–water partition coefficient (Wildman–Crippen LogP) is 3.49. The van der Waals surface area contributed by atoms with Crippen LogP contribution in [0, 0.1) is 13.8 Å². The fraction of sp³-hybridized carbons (Fsp3) is 0.588. The van der Waals surface area contributed by atoms with E-state index in [0.717, 1.165) is 35.5 Å². The number of hydrogen-bond acceptors (Lipinski definition) is 2. The topological polar surface area (TPSA) is 44.6 Å². The van der Waals surface area contributed by atoms with Crippen LogP contribution >= 0.6 is 0 Å². The first-order valence-corrected chi connectivity index (χ1v) is 7.24. The van der Waals surface area contributed by atoms with Crippen LogP contribution in [0.25, 0.3) is 0 Å². The van der Waals surface area contributed by atoms with Gasteiger partial charge >= 0.3 is 0 Å². The first-order chi connectivity index (χ1) is 9.22. The molecule has 20 heavy (non-hydrogen) atoms. The standard InChI is InChI=1S/C17H28N2O/c1-8-19-15(18-7)10-13-11(2)9-14(17(4,5)6)16(20)12(13)3/h9,20H,8,10H2,1-7H3,(H,18,19). The molecule has 0 aliphatic heterocycles. The molecule has 3 heteroatoms. The van der Waals surface area contributed by atoms with Gasteiger partial charge in [-0.25, -0.2) is 0 Å². The van der Waals surface area contributed by atoms with Crippen LogP contribution in [0.1, 0.15) is 49.9 Å². The van der Waals surface area contributed by atoms with Crippen molar-refractivity contribution in [2.45, 2.75) is 53.4 Å². The van der Waals surface area contributed by atoms with Gasteiger partial charge in [-0.15, -0.1) is 0 Å². The Balaban J connectivity index is 3.28. The molecule has 112 valence electrons. The summed E-state index contributed by atoms with van der Waals surface area (Å²) in [5, 5.41) is 13.8. The molecule has 0 aliphatic carbocycles. The van der Waals surface area contributed by atoms with Crippen molar-refractivity contribution < 1.29 is 5.11 Å². The zero-order valence-corrected chi connectivity index (χ0v) is 13.9. The molecule has 0 bridgehead atoms. The van der Waals surface area contributed by atoms with E-state index in [1.54, 1.807) is 7.05 Å². The lowest BCUT2D eigenvalue weighted by atomic mass is 9.82. The summed E-state index contributed by atoms with van der Waals surface area (Å²) < 4.78 is 0. The summed E-state index contributed by atoms with van der Waals surface area (Å²) in [4.78, 5) is 4.28. The Bertz CT molecular complexity index is 511. The molecule has 0 aliphatic rings. The number of aliphatic imine (C=N–C) groups is 1. The molecule has 0 unspecified atom stereocenters. The zero-order chi connectivity index (χ0) is 15.5. The zero-order valence-electron chi connectivity index (χ0n) is 13.9. The van der Waals surface area contributed by atoms with E-state index in [2.05, 4.69) is 51.0 Å². The number of aromatic hydroxyl groups is 1. The van der Waals surface area contributed by atoms with Crippen LogP contribution in [-0.4, -0.2) is 24.5 Å². The van der Waals surface area contributed by atoms with Crippen molar-refractivity contribution in [2.75, 3.05) is 13.6 Å². The number of aryl methyl sites for hydroxylation is 1. The van der Waals surface area contributed by atoms with Crippen LogP contribution in [-0.2, 0) is 11.8 Å². The maximum atomic E-state index is 10.5. The lowest BCUT2D eigenvalue weighted by Crippen LogP contribution is -2.26. The van der Waals surface area contributed by atoms with Crippen molar-refractivity contribution in [3.8, 4) is 5.75 Å². The molecule has 0 fully saturated rings. The number of rotatable bonds is 3. The SMILES string of the molecule is CCNC(Cc1c(C)cc(C(C)(C)C)c(O)c1C)=NC. The number of phenolic OH excluding ortho intramolecular Hbond substituents is 1. The molecule has 0 saturated heterocycles. The fourth-order valence-corrected chi connectivity index (χ4v) is 2.45. The lowest BCUT2D eigenvalue weighted by molar-refractivity contribution is 0.442. The predicted molar refractivity (Wildman–Crippen MR) is 87.0 cm³/mol. The van der Waals surface area contributed by atoms with Crippen molar-refractivity contribution in [2.24, 2.45) is 4.99 Å². The average Bonchev–Trinajstić information content (AvgIpc) is 2.36. The van der Waals surface area contributed by atoms with E-state index >= 15 is 0 Å². The van der Waals surface area contributed by atoms with Crippen molar-refractivity contribution in [3.05, 3.63) is 28.3 Å². The van der Waals surface area contributed by atoms with Crippen LogP contribution in [0.4, 0.5) is 0 Å². The molecule has 1 aromatic rings. The molecule has 3 nitrogen and oxygen atoms in total. The molecule has 0 saturated carbocycles. The van der Waals surface area contributed by atoms with E-state index in [1.807, 2.05) is 6.92 Å². The summed E-state index contributed by atoms with van der Waals surface area (Å²) in [6.45, 7) is 13.4.